The highest BCUT2D eigenvalue weighted by Crippen LogP contribution is 2.33. The summed E-state index contributed by atoms with van der Waals surface area (Å²) >= 11 is 6.15. The molecule has 2 amide bonds. The minimum absolute atomic E-state index is 0.178. The van der Waals surface area contributed by atoms with Crippen molar-refractivity contribution in [1.29, 1.82) is 0 Å². The van der Waals surface area contributed by atoms with Gasteiger partial charge in [-0.2, -0.15) is 0 Å². The first-order valence-corrected chi connectivity index (χ1v) is 11.2. The van der Waals surface area contributed by atoms with E-state index in [0.29, 0.717) is 60.0 Å². The van der Waals surface area contributed by atoms with Gasteiger partial charge >= 0.3 is 5.97 Å². The summed E-state index contributed by atoms with van der Waals surface area (Å²) in [4.78, 5) is 38.8. The number of fused-ring (bicyclic) bond motifs is 1. The number of carboxylic acid groups (broad SMARTS) is 1. The molecule has 1 heterocycles. The second-order valence-corrected chi connectivity index (χ2v) is 8.85. The minimum atomic E-state index is -0.815. The number of nitrogens with zero attached hydrogens (tertiary/aromatic N) is 1. The Labute approximate surface area is 196 Å². The van der Waals surface area contributed by atoms with E-state index in [1.54, 1.807) is 25.2 Å². The summed E-state index contributed by atoms with van der Waals surface area (Å²) in [5.74, 6) is -0.692. The van der Waals surface area contributed by atoms with Crippen LogP contribution in [0.15, 0.2) is 36.4 Å². The van der Waals surface area contributed by atoms with Crippen molar-refractivity contribution in [3.63, 3.8) is 0 Å². The summed E-state index contributed by atoms with van der Waals surface area (Å²) in [6.45, 7) is 0.506. The molecule has 33 heavy (non-hydrogen) atoms. The van der Waals surface area contributed by atoms with Gasteiger partial charge in [0.25, 0.3) is 5.91 Å². The van der Waals surface area contributed by atoms with Crippen molar-refractivity contribution in [3.05, 3.63) is 52.5 Å². The lowest BCUT2D eigenvalue weighted by atomic mass is 9.81. The molecule has 0 unspecified atom stereocenters. The van der Waals surface area contributed by atoms with Gasteiger partial charge in [0.05, 0.1) is 17.2 Å². The molecule has 8 nitrogen and oxygen atoms in total. The first-order valence-electron chi connectivity index (χ1n) is 10.8. The smallest absolute Gasteiger partial charge is 0.306 e. The Kier molecular flexibility index (Phi) is 6.74. The van der Waals surface area contributed by atoms with Crippen LogP contribution in [0.25, 0.3) is 0 Å². The van der Waals surface area contributed by atoms with Crippen molar-refractivity contribution in [3.8, 4) is 11.5 Å². The van der Waals surface area contributed by atoms with Gasteiger partial charge in [0.15, 0.2) is 11.5 Å². The number of nitrogens with one attached hydrogen (secondary N) is 1. The van der Waals surface area contributed by atoms with Gasteiger partial charge in [0.2, 0.25) is 12.7 Å². The van der Waals surface area contributed by atoms with Crippen molar-refractivity contribution in [2.24, 2.45) is 11.8 Å². The molecule has 1 fully saturated rings. The topological polar surface area (TPSA) is 105 Å². The number of carboxylic acids is 1. The van der Waals surface area contributed by atoms with Gasteiger partial charge in [-0.1, -0.05) is 17.7 Å². The van der Waals surface area contributed by atoms with Crippen molar-refractivity contribution in [1.82, 2.24) is 4.90 Å². The number of hydrogen-bond acceptors (Lipinski definition) is 5. The molecule has 0 saturated heterocycles. The monoisotopic (exact) mass is 472 g/mol. The number of benzene rings is 2. The third-order valence-corrected chi connectivity index (χ3v) is 6.36. The Hall–Kier alpha value is -3.26. The van der Waals surface area contributed by atoms with E-state index < -0.39 is 11.9 Å². The number of halogens is 1. The van der Waals surface area contributed by atoms with E-state index in [-0.39, 0.29) is 24.5 Å². The number of rotatable bonds is 6. The van der Waals surface area contributed by atoms with Gasteiger partial charge < -0.3 is 24.8 Å². The molecule has 0 radical (unpaired) electrons. The number of amides is 2. The van der Waals surface area contributed by atoms with Crippen LogP contribution in [0.5, 0.6) is 11.5 Å². The molecule has 1 aliphatic carbocycles. The molecular weight excluding hydrogens is 448 g/mol. The first kappa shape index (κ1) is 22.9. The SMILES string of the molecule is CN(Cc1ccc2c(c1)OCO2)C(=O)c1cc(Cl)ccc1NC(=O)[C@H]1CC[C@H](C(=O)O)CC1. The standard InChI is InChI=1S/C24H25ClN2O6/c1-27(12-14-2-9-20-21(10-14)33-13-32-20)23(29)18-11-17(25)7-8-19(18)26-22(28)15-3-5-16(6-4-15)24(30)31/h2,7-11,15-16H,3-6,12-13H2,1H3,(H,26,28)(H,30,31)/t15-,16-. The summed E-state index contributed by atoms with van der Waals surface area (Å²) in [7, 11) is 1.67. The van der Waals surface area contributed by atoms with Gasteiger partial charge in [-0.25, -0.2) is 0 Å². The second kappa shape index (κ2) is 9.70. The number of hydrogen-bond donors (Lipinski definition) is 2. The highest BCUT2D eigenvalue weighted by molar-refractivity contribution is 6.31. The van der Waals surface area contributed by atoms with Crippen LogP contribution in [0.1, 0.15) is 41.6 Å². The number of ether oxygens (including phenoxy) is 2. The molecule has 2 N–H and O–H groups in total. The Bertz CT molecular complexity index is 1080. The summed E-state index contributed by atoms with van der Waals surface area (Å²) < 4.78 is 10.7. The molecule has 2 aromatic carbocycles. The molecular formula is C24H25ClN2O6. The zero-order valence-electron chi connectivity index (χ0n) is 18.2. The Morgan fingerprint density at radius 1 is 1.03 bits per heavy atom. The van der Waals surface area contributed by atoms with Crippen molar-refractivity contribution >= 4 is 35.1 Å². The predicted molar refractivity (Wildman–Crippen MR) is 122 cm³/mol. The molecule has 2 aromatic rings. The molecule has 0 atom stereocenters. The predicted octanol–water partition coefficient (Wildman–Crippen LogP) is 4.17. The fourth-order valence-corrected chi connectivity index (χ4v) is 4.40. The van der Waals surface area contributed by atoms with Gasteiger partial charge in [-0.15, -0.1) is 0 Å². The lowest BCUT2D eigenvalue weighted by molar-refractivity contribution is -0.143. The summed E-state index contributed by atoms with van der Waals surface area (Å²) in [5.41, 5.74) is 1.54. The van der Waals surface area contributed by atoms with Crippen LogP contribution in [0.3, 0.4) is 0 Å². The Morgan fingerprint density at radius 2 is 1.73 bits per heavy atom. The number of carbonyl (C=O) groups is 3. The maximum absolute atomic E-state index is 13.2. The number of anilines is 1. The third-order valence-electron chi connectivity index (χ3n) is 6.12. The van der Waals surface area contributed by atoms with Crippen molar-refractivity contribution in [2.75, 3.05) is 19.2 Å². The lowest BCUT2D eigenvalue weighted by Gasteiger charge is -2.26. The molecule has 0 spiro atoms. The fourth-order valence-electron chi connectivity index (χ4n) is 4.23. The molecule has 0 bridgehead atoms. The molecule has 4 rings (SSSR count). The van der Waals surface area contributed by atoms with Crippen LogP contribution in [0.2, 0.25) is 5.02 Å². The van der Waals surface area contributed by atoms with Crippen molar-refractivity contribution < 1.29 is 29.0 Å². The van der Waals surface area contributed by atoms with E-state index in [2.05, 4.69) is 5.32 Å². The third kappa shape index (κ3) is 5.22. The van der Waals surface area contributed by atoms with E-state index in [1.807, 2.05) is 12.1 Å². The molecule has 1 saturated carbocycles. The molecule has 1 aliphatic heterocycles. The van der Waals surface area contributed by atoms with Crippen LogP contribution < -0.4 is 14.8 Å². The summed E-state index contributed by atoms with van der Waals surface area (Å²) in [6.07, 6.45) is 1.95. The van der Waals surface area contributed by atoms with Crippen LogP contribution >= 0.6 is 11.6 Å². The van der Waals surface area contributed by atoms with Gasteiger partial charge in [0.1, 0.15) is 0 Å². The maximum atomic E-state index is 13.2. The zero-order chi connectivity index (χ0) is 23.5. The number of aliphatic carboxylic acids is 1. The van der Waals surface area contributed by atoms with Gasteiger partial charge in [-0.3, -0.25) is 14.4 Å². The lowest BCUT2D eigenvalue weighted by Crippen LogP contribution is -2.31. The summed E-state index contributed by atoms with van der Waals surface area (Å²) in [5, 5.41) is 12.4. The van der Waals surface area contributed by atoms with Gasteiger partial charge in [0, 0.05) is 24.5 Å². The molecule has 174 valence electrons. The van der Waals surface area contributed by atoms with E-state index in [1.165, 1.54) is 11.0 Å². The van der Waals surface area contributed by atoms with Crippen LogP contribution in [-0.4, -0.2) is 41.6 Å². The quantitative estimate of drug-likeness (QED) is 0.653. The van der Waals surface area contributed by atoms with Crippen molar-refractivity contribution in [2.45, 2.75) is 32.2 Å². The minimum Gasteiger partial charge on any atom is -0.481 e. The Balaban J connectivity index is 1.45. The molecule has 0 aromatic heterocycles. The summed E-state index contributed by atoms with van der Waals surface area (Å²) in [6, 6.07) is 10.3. The van der Waals surface area contributed by atoms with Crippen LogP contribution in [0, 0.1) is 11.8 Å². The fraction of sp³-hybridized carbons (Fsp3) is 0.375. The normalized spacial score (nSPS) is 19.1. The average Bonchev–Trinajstić information content (AvgIpc) is 3.27. The molecule has 9 heteroatoms. The van der Waals surface area contributed by atoms with Crippen LogP contribution in [-0.2, 0) is 16.1 Å². The number of carbonyl (C=O) groups excluding carboxylic acids is 2. The van der Waals surface area contributed by atoms with E-state index in [4.69, 9.17) is 26.2 Å². The van der Waals surface area contributed by atoms with E-state index >= 15 is 0 Å². The largest absolute Gasteiger partial charge is 0.481 e. The van der Waals surface area contributed by atoms with Crippen LogP contribution in [0.4, 0.5) is 5.69 Å². The van der Waals surface area contributed by atoms with Gasteiger partial charge in [-0.05, 0) is 61.6 Å². The highest BCUT2D eigenvalue weighted by atomic mass is 35.5. The van der Waals surface area contributed by atoms with E-state index in [0.717, 1.165) is 5.56 Å². The molecule has 2 aliphatic rings. The zero-order valence-corrected chi connectivity index (χ0v) is 18.9. The highest BCUT2D eigenvalue weighted by Gasteiger charge is 2.30. The Morgan fingerprint density at radius 3 is 2.45 bits per heavy atom. The maximum Gasteiger partial charge on any atom is 0.306 e. The second-order valence-electron chi connectivity index (χ2n) is 8.41. The van der Waals surface area contributed by atoms with E-state index in [9.17, 15) is 14.4 Å². The average molecular weight is 473 g/mol. The first-order chi connectivity index (χ1) is 15.8.